The molecule has 0 aliphatic carbocycles. The number of nitrogens with one attached hydrogen (secondary N) is 1. The van der Waals surface area contributed by atoms with E-state index in [2.05, 4.69) is 15.3 Å². The van der Waals surface area contributed by atoms with Gasteiger partial charge >= 0.3 is 18.3 Å². The van der Waals surface area contributed by atoms with Gasteiger partial charge in [-0.3, -0.25) is 4.79 Å². The van der Waals surface area contributed by atoms with Crippen LogP contribution in [0.4, 0.5) is 43.7 Å². The summed E-state index contributed by atoms with van der Waals surface area (Å²) in [5.41, 5.74) is -0.698. The molecule has 1 unspecified atom stereocenters. The molecule has 218 valence electrons. The molecule has 0 saturated carbocycles. The van der Waals surface area contributed by atoms with Crippen LogP contribution >= 0.6 is 0 Å². The molecular formula is C27H25F6N5O3. The molecule has 0 spiro atoms. The Morgan fingerprint density at radius 3 is 2.22 bits per heavy atom. The molecule has 3 aromatic rings. The number of hydrogen-bond acceptors (Lipinski definition) is 7. The van der Waals surface area contributed by atoms with Gasteiger partial charge in [0, 0.05) is 38.4 Å². The molecule has 2 N–H and O–H groups in total. The lowest BCUT2D eigenvalue weighted by atomic mass is 9.99. The number of morpholine rings is 1. The largest absolute Gasteiger partial charge is 0.481 e. The highest BCUT2D eigenvalue weighted by Gasteiger charge is 2.37. The summed E-state index contributed by atoms with van der Waals surface area (Å²) in [5.74, 6) is -1.73. The molecule has 8 nitrogen and oxygen atoms in total. The first-order valence-corrected chi connectivity index (χ1v) is 12.7. The maximum absolute atomic E-state index is 13.5. The summed E-state index contributed by atoms with van der Waals surface area (Å²) in [5, 5.41) is 12.6. The van der Waals surface area contributed by atoms with Gasteiger partial charge in [0.2, 0.25) is 5.95 Å². The van der Waals surface area contributed by atoms with E-state index in [1.54, 1.807) is 30.6 Å². The molecule has 2 aliphatic rings. The van der Waals surface area contributed by atoms with Crippen molar-refractivity contribution in [3.05, 3.63) is 76.6 Å². The van der Waals surface area contributed by atoms with Crippen molar-refractivity contribution in [3.8, 4) is 0 Å². The van der Waals surface area contributed by atoms with Crippen LogP contribution in [-0.4, -0.2) is 53.9 Å². The molecule has 2 aliphatic heterocycles. The third-order valence-electron chi connectivity index (χ3n) is 7.01. The summed E-state index contributed by atoms with van der Waals surface area (Å²) >= 11 is 0. The molecular weight excluding hydrogens is 556 g/mol. The molecule has 0 bridgehead atoms. The minimum atomic E-state index is -4.99. The fourth-order valence-corrected chi connectivity index (χ4v) is 4.99. The SMILES string of the molecule is O=C(O)C1CNc2c(CN(Cc3cc(C(F)(F)F)cc(C(F)(F)F)c3)c3ncc(N4CCOCC4)cn3)cccc21. The smallest absolute Gasteiger partial charge is 0.416 e. The molecule has 1 aromatic heterocycles. The van der Waals surface area contributed by atoms with Gasteiger partial charge in [0.1, 0.15) is 5.92 Å². The number of carbonyl (C=O) groups is 1. The predicted molar refractivity (Wildman–Crippen MR) is 137 cm³/mol. The molecule has 0 amide bonds. The monoisotopic (exact) mass is 581 g/mol. The molecule has 1 saturated heterocycles. The maximum Gasteiger partial charge on any atom is 0.416 e. The number of alkyl halides is 6. The van der Waals surface area contributed by atoms with Crippen LogP contribution in [0, 0.1) is 0 Å². The van der Waals surface area contributed by atoms with Crippen molar-refractivity contribution in [2.45, 2.75) is 31.4 Å². The lowest BCUT2D eigenvalue weighted by Gasteiger charge is -2.29. The van der Waals surface area contributed by atoms with Crippen LogP contribution in [0.1, 0.15) is 33.7 Å². The van der Waals surface area contributed by atoms with Crippen molar-refractivity contribution in [1.29, 1.82) is 0 Å². The fraction of sp³-hybridized carbons (Fsp3) is 0.370. The number of carboxylic acid groups (broad SMARTS) is 1. The number of benzene rings is 2. The maximum atomic E-state index is 13.5. The van der Waals surface area contributed by atoms with E-state index in [0.29, 0.717) is 60.9 Å². The summed E-state index contributed by atoms with van der Waals surface area (Å²) in [4.78, 5) is 23.9. The summed E-state index contributed by atoms with van der Waals surface area (Å²) in [6.07, 6.45) is -6.90. The number of nitrogens with zero attached hydrogens (tertiary/aromatic N) is 4. The van der Waals surface area contributed by atoms with Crippen molar-refractivity contribution in [2.24, 2.45) is 0 Å². The summed E-state index contributed by atoms with van der Waals surface area (Å²) in [6, 6.07) is 6.47. The summed E-state index contributed by atoms with van der Waals surface area (Å²) in [6.45, 7) is 2.03. The van der Waals surface area contributed by atoms with Crippen LogP contribution in [-0.2, 0) is 35.0 Å². The van der Waals surface area contributed by atoms with E-state index in [1.165, 1.54) is 4.90 Å². The van der Waals surface area contributed by atoms with Gasteiger partial charge in [-0.25, -0.2) is 9.97 Å². The molecule has 1 fully saturated rings. The number of carboxylic acids is 1. The minimum absolute atomic E-state index is 0.0169. The Labute approximate surface area is 230 Å². The Kier molecular flexibility index (Phi) is 7.68. The van der Waals surface area contributed by atoms with E-state index in [1.807, 2.05) is 4.90 Å². The van der Waals surface area contributed by atoms with Gasteiger partial charge in [-0.2, -0.15) is 26.3 Å². The Balaban J connectivity index is 1.52. The lowest BCUT2D eigenvalue weighted by Crippen LogP contribution is -2.36. The summed E-state index contributed by atoms with van der Waals surface area (Å²) < 4.78 is 86.6. The summed E-state index contributed by atoms with van der Waals surface area (Å²) in [7, 11) is 0. The van der Waals surface area contributed by atoms with E-state index in [0.717, 1.165) is 0 Å². The molecule has 41 heavy (non-hydrogen) atoms. The highest BCUT2D eigenvalue weighted by molar-refractivity contribution is 5.83. The third-order valence-corrected chi connectivity index (χ3v) is 7.01. The van der Waals surface area contributed by atoms with E-state index in [9.17, 15) is 36.2 Å². The fourth-order valence-electron chi connectivity index (χ4n) is 4.99. The van der Waals surface area contributed by atoms with Crippen LogP contribution in [0.25, 0.3) is 0 Å². The van der Waals surface area contributed by atoms with Gasteiger partial charge in [0.15, 0.2) is 0 Å². The first-order chi connectivity index (χ1) is 19.4. The number of aliphatic carboxylic acids is 1. The average Bonchev–Trinajstić information content (AvgIpc) is 3.38. The van der Waals surface area contributed by atoms with Gasteiger partial charge in [-0.05, 0) is 34.9 Å². The Hall–Kier alpha value is -4.07. The van der Waals surface area contributed by atoms with Crippen LogP contribution in [0.15, 0.2) is 48.8 Å². The van der Waals surface area contributed by atoms with Crippen molar-refractivity contribution in [2.75, 3.05) is 48.0 Å². The normalized spacial score (nSPS) is 17.2. The number of ether oxygens (including phenoxy) is 1. The zero-order valence-corrected chi connectivity index (χ0v) is 21.5. The molecule has 3 heterocycles. The number of halogens is 6. The van der Waals surface area contributed by atoms with Crippen LogP contribution < -0.4 is 15.1 Å². The first kappa shape index (κ1) is 28.5. The van der Waals surface area contributed by atoms with Crippen LogP contribution in [0.5, 0.6) is 0 Å². The van der Waals surface area contributed by atoms with Crippen LogP contribution in [0.2, 0.25) is 0 Å². The predicted octanol–water partition coefficient (Wildman–Crippen LogP) is 5.15. The topological polar surface area (TPSA) is 90.8 Å². The van der Waals surface area contributed by atoms with Gasteiger partial charge in [-0.15, -0.1) is 0 Å². The van der Waals surface area contributed by atoms with Gasteiger partial charge < -0.3 is 25.0 Å². The minimum Gasteiger partial charge on any atom is -0.481 e. The standard InChI is InChI=1S/C27H25F6N5O3/c28-26(29,30)18-8-16(9-19(10-18)27(31,32)33)14-38(25-35-11-20(12-36-25)37-4-6-41-7-5-37)15-17-2-1-3-21-22(24(39)40)13-34-23(17)21/h1-3,8-12,22,34H,4-7,13-15H2,(H,39,40). The number of anilines is 3. The van der Waals surface area contributed by atoms with E-state index < -0.39 is 35.4 Å². The average molecular weight is 582 g/mol. The van der Waals surface area contributed by atoms with Gasteiger partial charge in [0.05, 0.1) is 42.4 Å². The van der Waals surface area contributed by atoms with Crippen molar-refractivity contribution < 1.29 is 41.0 Å². The molecule has 14 heteroatoms. The van der Waals surface area contributed by atoms with Crippen molar-refractivity contribution >= 4 is 23.3 Å². The highest BCUT2D eigenvalue weighted by atomic mass is 19.4. The number of fused-ring (bicyclic) bond motifs is 1. The van der Waals surface area contributed by atoms with Gasteiger partial charge in [-0.1, -0.05) is 18.2 Å². The highest BCUT2D eigenvalue weighted by Crippen LogP contribution is 2.38. The zero-order valence-electron chi connectivity index (χ0n) is 21.5. The zero-order chi connectivity index (χ0) is 29.4. The Morgan fingerprint density at radius 1 is 1.00 bits per heavy atom. The van der Waals surface area contributed by atoms with E-state index in [-0.39, 0.29) is 37.2 Å². The van der Waals surface area contributed by atoms with Crippen molar-refractivity contribution in [1.82, 2.24) is 9.97 Å². The molecule has 0 radical (unpaired) electrons. The Morgan fingerprint density at radius 2 is 1.63 bits per heavy atom. The number of para-hydroxylation sites is 1. The Bertz CT molecular complexity index is 1380. The second-order valence-electron chi connectivity index (χ2n) is 9.76. The van der Waals surface area contributed by atoms with E-state index >= 15 is 0 Å². The number of aromatic nitrogens is 2. The van der Waals surface area contributed by atoms with Gasteiger partial charge in [0.25, 0.3) is 0 Å². The first-order valence-electron chi connectivity index (χ1n) is 12.7. The van der Waals surface area contributed by atoms with Crippen LogP contribution in [0.3, 0.4) is 0 Å². The number of hydrogen-bond donors (Lipinski definition) is 2. The second-order valence-corrected chi connectivity index (χ2v) is 9.76. The quantitative estimate of drug-likeness (QED) is 0.371. The van der Waals surface area contributed by atoms with Crippen molar-refractivity contribution in [3.63, 3.8) is 0 Å². The molecule has 2 aromatic carbocycles. The third kappa shape index (κ3) is 6.32. The molecule has 5 rings (SSSR count). The number of rotatable bonds is 7. The molecule has 1 atom stereocenters. The second kappa shape index (κ2) is 11.1. The van der Waals surface area contributed by atoms with E-state index in [4.69, 9.17) is 4.74 Å². The lowest BCUT2D eigenvalue weighted by molar-refractivity contribution is -0.143.